The number of alkyl halides is 3. The largest absolute Gasteiger partial charge is 0.456 e. The minimum absolute atomic E-state index is 0.0171. The molecule has 0 spiro atoms. The van der Waals surface area contributed by atoms with E-state index < -0.39 is 24.1 Å². The van der Waals surface area contributed by atoms with Gasteiger partial charge in [-0.1, -0.05) is 35.6 Å². The smallest absolute Gasteiger partial charge is 0.416 e. The number of halogens is 3. The third-order valence-electron chi connectivity index (χ3n) is 5.83. The summed E-state index contributed by atoms with van der Waals surface area (Å²) in [4.78, 5) is 29.0. The van der Waals surface area contributed by atoms with E-state index in [2.05, 4.69) is 21.7 Å². The number of aromatic nitrogens is 1. The number of carbonyl (C=O) groups is 2. The molecule has 3 aromatic carbocycles. The lowest BCUT2D eigenvalue weighted by atomic mass is 10.0. The van der Waals surface area contributed by atoms with E-state index in [0.717, 1.165) is 18.9 Å². The van der Waals surface area contributed by atoms with Gasteiger partial charge in [0.25, 0.3) is 0 Å². The van der Waals surface area contributed by atoms with Crippen molar-refractivity contribution in [1.29, 1.82) is 5.26 Å². The number of nitrogens with zero attached hydrogens (tertiary/aromatic N) is 2. The molecule has 1 saturated carbocycles. The van der Waals surface area contributed by atoms with Gasteiger partial charge in [-0.25, -0.2) is 4.98 Å². The van der Waals surface area contributed by atoms with E-state index in [0.29, 0.717) is 26.8 Å². The highest BCUT2D eigenvalue weighted by atomic mass is 32.1. The molecule has 192 valence electrons. The van der Waals surface area contributed by atoms with Crippen LogP contribution in [0.1, 0.15) is 29.5 Å². The molecular formula is C27H19F3N4O3S. The highest BCUT2D eigenvalue weighted by Gasteiger charge is 2.33. The van der Waals surface area contributed by atoms with E-state index in [1.165, 1.54) is 35.6 Å². The summed E-state index contributed by atoms with van der Waals surface area (Å²) in [5.74, 6) is -0.126. The third-order valence-corrected chi connectivity index (χ3v) is 6.83. The van der Waals surface area contributed by atoms with Gasteiger partial charge < -0.3 is 15.4 Å². The zero-order valence-corrected chi connectivity index (χ0v) is 20.4. The average Bonchev–Trinajstić information content (AvgIpc) is 3.64. The topological polar surface area (TPSA) is 104 Å². The minimum atomic E-state index is -4.56. The van der Waals surface area contributed by atoms with Gasteiger partial charge in [0.2, 0.25) is 11.8 Å². The van der Waals surface area contributed by atoms with Crippen LogP contribution in [0.3, 0.4) is 0 Å². The Hall–Kier alpha value is -4.43. The molecule has 1 aromatic heterocycles. The lowest BCUT2D eigenvalue weighted by molar-refractivity contribution is -0.138. The van der Waals surface area contributed by atoms with Gasteiger partial charge in [-0.3, -0.25) is 9.59 Å². The van der Waals surface area contributed by atoms with Gasteiger partial charge in [0.05, 0.1) is 22.2 Å². The maximum Gasteiger partial charge on any atom is 0.416 e. The van der Waals surface area contributed by atoms with Crippen molar-refractivity contribution in [3.8, 4) is 17.6 Å². The van der Waals surface area contributed by atoms with Gasteiger partial charge in [-0.05, 0) is 48.7 Å². The van der Waals surface area contributed by atoms with Crippen LogP contribution in [0, 0.1) is 17.2 Å². The molecule has 7 nitrogen and oxygen atoms in total. The molecule has 0 atom stereocenters. The number of anilines is 2. The lowest BCUT2D eigenvalue weighted by Gasteiger charge is -2.13. The second-order valence-corrected chi connectivity index (χ2v) is 9.69. The van der Waals surface area contributed by atoms with Crippen molar-refractivity contribution >= 4 is 44.2 Å². The first-order valence-electron chi connectivity index (χ1n) is 11.6. The second-order valence-electron chi connectivity index (χ2n) is 8.69. The Morgan fingerprint density at radius 3 is 2.61 bits per heavy atom. The Kier molecular flexibility index (Phi) is 6.73. The van der Waals surface area contributed by atoms with E-state index in [9.17, 15) is 28.0 Å². The van der Waals surface area contributed by atoms with E-state index in [1.54, 1.807) is 30.3 Å². The Morgan fingerprint density at radius 1 is 1.08 bits per heavy atom. The molecule has 11 heteroatoms. The molecule has 1 aliphatic carbocycles. The molecule has 2 amide bonds. The highest BCUT2D eigenvalue weighted by molar-refractivity contribution is 7.22. The van der Waals surface area contributed by atoms with Gasteiger partial charge in [0, 0.05) is 17.7 Å². The van der Waals surface area contributed by atoms with Crippen molar-refractivity contribution < 1.29 is 27.5 Å². The summed E-state index contributed by atoms with van der Waals surface area (Å²) in [7, 11) is 0. The van der Waals surface area contributed by atoms with Crippen LogP contribution in [0.4, 0.5) is 24.0 Å². The summed E-state index contributed by atoms with van der Waals surface area (Å²) in [5.41, 5.74) is 0.119. The van der Waals surface area contributed by atoms with Gasteiger partial charge in [-0.2, -0.15) is 18.4 Å². The first-order chi connectivity index (χ1) is 18.2. The molecular weight excluding hydrogens is 517 g/mol. The van der Waals surface area contributed by atoms with Crippen LogP contribution in [0.15, 0.2) is 60.7 Å². The lowest BCUT2D eigenvalue weighted by Crippen LogP contribution is -2.17. The summed E-state index contributed by atoms with van der Waals surface area (Å²) in [6.07, 6.45) is -3.30. The Labute approximate surface area is 218 Å². The van der Waals surface area contributed by atoms with E-state index in [4.69, 9.17) is 4.74 Å². The summed E-state index contributed by atoms with van der Waals surface area (Å²) in [6.45, 7) is 0. The molecule has 0 aliphatic heterocycles. The number of thiazole rings is 1. The van der Waals surface area contributed by atoms with E-state index in [-0.39, 0.29) is 28.7 Å². The summed E-state index contributed by atoms with van der Waals surface area (Å²) >= 11 is 1.18. The number of hydrogen-bond donors (Lipinski definition) is 2. The highest BCUT2D eigenvalue weighted by Crippen LogP contribution is 2.38. The first kappa shape index (κ1) is 25.2. The first-order valence-corrected chi connectivity index (χ1v) is 12.4. The predicted molar refractivity (Wildman–Crippen MR) is 136 cm³/mol. The zero-order valence-electron chi connectivity index (χ0n) is 19.6. The monoisotopic (exact) mass is 536 g/mol. The van der Waals surface area contributed by atoms with Crippen molar-refractivity contribution in [2.24, 2.45) is 5.92 Å². The molecule has 2 N–H and O–H groups in total. The average molecular weight is 537 g/mol. The van der Waals surface area contributed by atoms with Crippen LogP contribution in [-0.2, 0) is 22.2 Å². The number of ether oxygens (including phenoxy) is 1. The van der Waals surface area contributed by atoms with Crippen molar-refractivity contribution in [2.75, 3.05) is 10.6 Å². The Bertz CT molecular complexity index is 1590. The molecule has 1 fully saturated rings. The number of nitrogens with one attached hydrogen (secondary N) is 2. The number of nitriles is 1. The fourth-order valence-electron chi connectivity index (χ4n) is 3.86. The molecule has 0 saturated heterocycles. The Morgan fingerprint density at radius 2 is 1.87 bits per heavy atom. The van der Waals surface area contributed by atoms with Crippen LogP contribution in [0.2, 0.25) is 0 Å². The van der Waals surface area contributed by atoms with Gasteiger partial charge in [0.15, 0.2) is 5.13 Å². The molecule has 1 heterocycles. The van der Waals surface area contributed by atoms with E-state index in [1.807, 2.05) is 0 Å². The van der Waals surface area contributed by atoms with Gasteiger partial charge in [-0.15, -0.1) is 0 Å². The van der Waals surface area contributed by atoms with Crippen LogP contribution in [-0.4, -0.2) is 16.8 Å². The predicted octanol–water partition coefficient (Wildman–Crippen LogP) is 6.51. The van der Waals surface area contributed by atoms with Crippen molar-refractivity contribution in [2.45, 2.75) is 25.4 Å². The minimum Gasteiger partial charge on any atom is -0.456 e. The number of fused-ring (bicyclic) bond motifs is 1. The van der Waals surface area contributed by atoms with Crippen LogP contribution >= 0.6 is 11.3 Å². The normalized spacial score (nSPS) is 13.1. The molecule has 0 unspecified atom stereocenters. The van der Waals surface area contributed by atoms with Gasteiger partial charge >= 0.3 is 6.18 Å². The van der Waals surface area contributed by atoms with Crippen molar-refractivity contribution in [3.63, 3.8) is 0 Å². The SMILES string of the molecule is N#Cc1c(Oc2cccc(NC(=O)Cc3ccccc3C(F)(F)F)c2)ccc2nc(NC(=O)C3CC3)sc12. The quantitative estimate of drug-likeness (QED) is 0.280. The molecule has 4 aromatic rings. The maximum atomic E-state index is 13.2. The maximum absolute atomic E-state index is 13.2. The standard InChI is InChI=1S/C27H19F3N4O3S/c28-27(29,30)20-7-2-1-4-16(20)12-23(35)32-17-5-3-6-18(13-17)37-22-11-10-21-24(19(22)14-31)38-26(33-21)34-25(36)15-8-9-15/h1-7,10-11,13,15H,8-9,12H2,(H,32,35)(H,33,34,36). The number of hydrogen-bond acceptors (Lipinski definition) is 6. The summed E-state index contributed by atoms with van der Waals surface area (Å²) in [5, 5.41) is 15.6. The fraction of sp³-hybridized carbons (Fsp3) is 0.185. The second kappa shape index (κ2) is 10.1. The van der Waals surface area contributed by atoms with E-state index >= 15 is 0 Å². The zero-order chi connectivity index (χ0) is 26.9. The molecule has 1 aliphatic rings. The molecule has 0 bridgehead atoms. The Balaban J connectivity index is 1.31. The molecule has 0 radical (unpaired) electrons. The van der Waals surface area contributed by atoms with Gasteiger partial charge in [0.1, 0.15) is 23.1 Å². The number of amides is 2. The fourth-order valence-corrected chi connectivity index (χ4v) is 4.82. The molecule has 38 heavy (non-hydrogen) atoms. The van der Waals surface area contributed by atoms with Crippen LogP contribution in [0.25, 0.3) is 10.2 Å². The number of rotatable bonds is 7. The van der Waals surface area contributed by atoms with Crippen molar-refractivity contribution in [1.82, 2.24) is 4.98 Å². The third kappa shape index (κ3) is 5.60. The molecule has 5 rings (SSSR count). The number of benzene rings is 3. The number of carbonyl (C=O) groups excluding carboxylic acids is 2. The van der Waals surface area contributed by atoms with Crippen molar-refractivity contribution in [3.05, 3.63) is 77.4 Å². The van der Waals surface area contributed by atoms with Crippen LogP contribution < -0.4 is 15.4 Å². The van der Waals surface area contributed by atoms with Crippen LogP contribution in [0.5, 0.6) is 11.5 Å². The summed E-state index contributed by atoms with van der Waals surface area (Å²) in [6, 6.07) is 16.6. The summed E-state index contributed by atoms with van der Waals surface area (Å²) < 4.78 is 46.2.